The van der Waals surface area contributed by atoms with E-state index in [-0.39, 0.29) is 12.5 Å². The number of aromatic nitrogens is 3. The largest absolute Gasteiger partial charge is 0.461 e. The maximum Gasteiger partial charge on any atom is 0.435 e. The number of halogens is 3. The molecule has 1 unspecified atom stereocenters. The minimum Gasteiger partial charge on any atom is -0.461 e. The third-order valence-electron chi connectivity index (χ3n) is 3.19. The number of hydrogen-bond donors (Lipinski definition) is 1. The standard InChI is InChI=1S/C12H18F3N3O3/c1-5-21-10(19)8-9(12(13,14)15)18(17-16-8)6-11(4,20)7(2)3/h7,20H,5-6H2,1-4H3. The lowest BCUT2D eigenvalue weighted by molar-refractivity contribution is -0.146. The second kappa shape index (κ2) is 6.00. The van der Waals surface area contributed by atoms with Gasteiger partial charge in [-0.2, -0.15) is 13.2 Å². The van der Waals surface area contributed by atoms with Crippen molar-refractivity contribution in [2.75, 3.05) is 6.61 Å². The van der Waals surface area contributed by atoms with Crippen LogP contribution >= 0.6 is 0 Å². The fourth-order valence-corrected chi connectivity index (χ4v) is 1.53. The van der Waals surface area contributed by atoms with Crippen molar-refractivity contribution in [2.24, 2.45) is 5.92 Å². The van der Waals surface area contributed by atoms with Gasteiger partial charge < -0.3 is 9.84 Å². The average molecular weight is 309 g/mol. The predicted molar refractivity (Wildman–Crippen MR) is 66.4 cm³/mol. The highest BCUT2D eigenvalue weighted by atomic mass is 19.4. The van der Waals surface area contributed by atoms with Gasteiger partial charge in [-0.05, 0) is 19.8 Å². The molecule has 0 saturated carbocycles. The molecule has 9 heteroatoms. The molecule has 1 atom stereocenters. The van der Waals surface area contributed by atoms with Crippen LogP contribution in [0.2, 0.25) is 0 Å². The summed E-state index contributed by atoms with van der Waals surface area (Å²) < 4.78 is 44.4. The van der Waals surface area contributed by atoms with Gasteiger partial charge in [0.1, 0.15) is 0 Å². The summed E-state index contributed by atoms with van der Waals surface area (Å²) in [5.41, 5.74) is -3.65. The lowest BCUT2D eigenvalue weighted by atomic mass is 9.92. The highest BCUT2D eigenvalue weighted by Crippen LogP contribution is 2.32. The minimum atomic E-state index is -4.83. The van der Waals surface area contributed by atoms with E-state index < -0.39 is 35.7 Å². The number of ether oxygens (including phenoxy) is 1. The Hall–Kier alpha value is -1.64. The highest BCUT2D eigenvalue weighted by molar-refractivity contribution is 5.88. The van der Waals surface area contributed by atoms with Crippen LogP contribution in [0, 0.1) is 5.92 Å². The molecule has 0 bridgehead atoms. The Morgan fingerprint density at radius 3 is 2.43 bits per heavy atom. The molecule has 1 N–H and O–H groups in total. The Kier molecular flexibility index (Phi) is 4.98. The predicted octanol–water partition coefficient (Wildman–Crippen LogP) is 1.88. The zero-order chi connectivity index (χ0) is 16.4. The van der Waals surface area contributed by atoms with Gasteiger partial charge in [-0.15, -0.1) is 5.10 Å². The molecule has 0 aromatic carbocycles. The van der Waals surface area contributed by atoms with E-state index in [9.17, 15) is 23.1 Å². The van der Waals surface area contributed by atoms with Crippen molar-refractivity contribution in [2.45, 2.75) is 46.0 Å². The van der Waals surface area contributed by atoms with E-state index in [4.69, 9.17) is 0 Å². The smallest absolute Gasteiger partial charge is 0.435 e. The number of rotatable bonds is 5. The number of alkyl halides is 3. The molecule has 21 heavy (non-hydrogen) atoms. The van der Waals surface area contributed by atoms with Crippen LogP contribution in [-0.2, 0) is 17.5 Å². The maximum atomic E-state index is 13.1. The van der Waals surface area contributed by atoms with Gasteiger partial charge in [-0.25, -0.2) is 9.48 Å². The second-order valence-electron chi connectivity index (χ2n) is 5.17. The fourth-order valence-electron chi connectivity index (χ4n) is 1.53. The molecule has 0 spiro atoms. The minimum absolute atomic E-state index is 0.0767. The lowest BCUT2D eigenvalue weighted by Gasteiger charge is -2.28. The van der Waals surface area contributed by atoms with Crippen molar-refractivity contribution in [3.63, 3.8) is 0 Å². The third kappa shape index (κ3) is 3.93. The van der Waals surface area contributed by atoms with Gasteiger partial charge in [0.05, 0.1) is 18.8 Å². The number of carbonyl (C=O) groups is 1. The highest BCUT2D eigenvalue weighted by Gasteiger charge is 2.43. The topological polar surface area (TPSA) is 77.2 Å². The Morgan fingerprint density at radius 1 is 1.43 bits per heavy atom. The van der Waals surface area contributed by atoms with Gasteiger partial charge in [0.15, 0.2) is 5.69 Å². The zero-order valence-corrected chi connectivity index (χ0v) is 12.2. The van der Waals surface area contributed by atoms with E-state index in [1.165, 1.54) is 13.8 Å². The first-order valence-electron chi connectivity index (χ1n) is 6.40. The Balaban J connectivity index is 3.26. The summed E-state index contributed by atoms with van der Waals surface area (Å²) >= 11 is 0. The Bertz CT molecular complexity index is 510. The first-order chi connectivity index (χ1) is 9.50. The molecule has 1 aromatic heterocycles. The van der Waals surface area contributed by atoms with Crippen LogP contribution in [0.4, 0.5) is 13.2 Å². The number of nitrogens with zero attached hydrogens (tertiary/aromatic N) is 3. The van der Waals surface area contributed by atoms with Crippen LogP contribution in [0.3, 0.4) is 0 Å². The molecule has 1 aromatic rings. The van der Waals surface area contributed by atoms with Crippen LogP contribution in [-0.4, -0.2) is 38.3 Å². The third-order valence-corrected chi connectivity index (χ3v) is 3.19. The molecule has 6 nitrogen and oxygen atoms in total. The van der Waals surface area contributed by atoms with Gasteiger partial charge >= 0.3 is 12.1 Å². The average Bonchev–Trinajstić information content (AvgIpc) is 2.71. The molecule has 0 radical (unpaired) electrons. The normalized spacial score (nSPS) is 15.1. The van der Waals surface area contributed by atoms with Gasteiger partial charge in [0.2, 0.25) is 5.69 Å². The Morgan fingerprint density at radius 2 is 2.00 bits per heavy atom. The number of carbonyl (C=O) groups excluding carboxylic acids is 1. The quantitative estimate of drug-likeness (QED) is 0.840. The maximum absolute atomic E-state index is 13.1. The molecule has 0 amide bonds. The molecule has 0 aliphatic rings. The number of aliphatic hydroxyl groups is 1. The van der Waals surface area contributed by atoms with Crippen molar-refractivity contribution in [3.05, 3.63) is 11.4 Å². The van der Waals surface area contributed by atoms with Crippen LogP contribution in [0.25, 0.3) is 0 Å². The van der Waals surface area contributed by atoms with Crippen LogP contribution in [0.15, 0.2) is 0 Å². The molecule has 120 valence electrons. The van der Waals surface area contributed by atoms with E-state index in [1.807, 2.05) is 0 Å². The zero-order valence-electron chi connectivity index (χ0n) is 12.2. The molecule has 0 fully saturated rings. The molecule has 0 aliphatic heterocycles. The van der Waals surface area contributed by atoms with Gasteiger partial charge in [-0.3, -0.25) is 0 Å². The second-order valence-corrected chi connectivity index (χ2v) is 5.17. The summed E-state index contributed by atoms with van der Waals surface area (Å²) in [5, 5.41) is 16.7. The summed E-state index contributed by atoms with van der Waals surface area (Å²) in [6, 6.07) is 0. The van der Waals surface area contributed by atoms with Gasteiger partial charge in [-0.1, -0.05) is 19.1 Å². The fraction of sp³-hybridized carbons (Fsp3) is 0.750. The van der Waals surface area contributed by atoms with Gasteiger partial charge in [0.25, 0.3) is 0 Å². The van der Waals surface area contributed by atoms with Crippen molar-refractivity contribution in [3.8, 4) is 0 Å². The first-order valence-corrected chi connectivity index (χ1v) is 6.40. The van der Waals surface area contributed by atoms with Crippen molar-refractivity contribution in [1.29, 1.82) is 0 Å². The molecule has 1 rings (SSSR count). The summed E-state index contributed by atoms with van der Waals surface area (Å²) in [4.78, 5) is 11.5. The van der Waals surface area contributed by atoms with Crippen LogP contribution in [0.5, 0.6) is 0 Å². The van der Waals surface area contributed by atoms with Crippen LogP contribution in [0.1, 0.15) is 43.9 Å². The van der Waals surface area contributed by atoms with E-state index in [2.05, 4.69) is 15.0 Å². The van der Waals surface area contributed by atoms with E-state index in [0.717, 1.165) is 0 Å². The summed E-state index contributed by atoms with van der Waals surface area (Å²) in [6.45, 7) is 5.67. The molecular formula is C12H18F3N3O3. The van der Waals surface area contributed by atoms with Crippen molar-refractivity contribution >= 4 is 5.97 Å². The molecule has 0 aliphatic carbocycles. The summed E-state index contributed by atoms with van der Waals surface area (Å²) in [6.07, 6.45) is -4.83. The summed E-state index contributed by atoms with van der Waals surface area (Å²) in [5.74, 6) is -1.51. The monoisotopic (exact) mass is 309 g/mol. The molecule has 0 saturated heterocycles. The first kappa shape index (κ1) is 17.4. The SMILES string of the molecule is CCOC(=O)c1nnn(CC(C)(O)C(C)C)c1C(F)(F)F. The Labute approximate surface area is 119 Å². The van der Waals surface area contributed by atoms with Gasteiger partial charge in [0, 0.05) is 0 Å². The number of hydrogen-bond acceptors (Lipinski definition) is 5. The molecular weight excluding hydrogens is 291 g/mol. The van der Waals surface area contributed by atoms with Crippen LogP contribution < -0.4 is 0 Å². The van der Waals surface area contributed by atoms with E-state index in [0.29, 0.717) is 4.68 Å². The number of esters is 1. The van der Waals surface area contributed by atoms with E-state index >= 15 is 0 Å². The van der Waals surface area contributed by atoms with Crippen molar-refractivity contribution < 1.29 is 27.8 Å². The van der Waals surface area contributed by atoms with E-state index in [1.54, 1.807) is 13.8 Å². The van der Waals surface area contributed by atoms with Crippen molar-refractivity contribution in [1.82, 2.24) is 15.0 Å². The molecule has 1 heterocycles. The lowest BCUT2D eigenvalue weighted by Crippen LogP contribution is -2.38. The summed E-state index contributed by atoms with van der Waals surface area (Å²) in [7, 11) is 0.